The molecule has 0 aliphatic rings. The fraction of sp³-hybridized carbons (Fsp3) is 0.0769. The fourth-order valence-electron chi connectivity index (χ4n) is 1.80. The summed E-state index contributed by atoms with van der Waals surface area (Å²) in [6.07, 6.45) is 3.69. The van der Waals surface area contributed by atoms with Gasteiger partial charge in [-0.1, -0.05) is 30.4 Å². The molecule has 1 heterocycles. The van der Waals surface area contributed by atoms with Gasteiger partial charge in [0.2, 0.25) is 0 Å². The quantitative estimate of drug-likeness (QED) is 0.499. The smallest absolute Gasteiger partial charge is 0.114 e. The van der Waals surface area contributed by atoms with E-state index in [0.29, 0.717) is 5.57 Å². The predicted octanol–water partition coefficient (Wildman–Crippen LogP) is 2.37. The van der Waals surface area contributed by atoms with Crippen molar-refractivity contribution >= 4 is 34.2 Å². The molecule has 0 bridgehead atoms. The SMILES string of the molecule is Cn1cc(C=C(C#N)C(N)=S)c2ccccc21. The van der Waals surface area contributed by atoms with E-state index in [1.807, 2.05) is 48.1 Å². The number of thiocarbonyl (C=S) groups is 1. The van der Waals surface area contributed by atoms with Gasteiger partial charge in [0.05, 0.1) is 5.57 Å². The lowest BCUT2D eigenvalue weighted by atomic mass is 10.1. The van der Waals surface area contributed by atoms with E-state index >= 15 is 0 Å². The molecule has 1 aromatic carbocycles. The topological polar surface area (TPSA) is 54.7 Å². The van der Waals surface area contributed by atoms with Gasteiger partial charge in [-0.05, 0) is 12.1 Å². The average molecular weight is 241 g/mol. The van der Waals surface area contributed by atoms with Crippen LogP contribution in [-0.4, -0.2) is 9.56 Å². The molecule has 0 spiro atoms. The first-order valence-electron chi connectivity index (χ1n) is 5.09. The number of nitrogens with two attached hydrogens (primary N) is 1. The maximum absolute atomic E-state index is 8.94. The molecular formula is C13H11N3S. The van der Waals surface area contributed by atoms with Crippen LogP contribution in [0.1, 0.15) is 5.56 Å². The van der Waals surface area contributed by atoms with Gasteiger partial charge in [-0.3, -0.25) is 0 Å². The highest BCUT2D eigenvalue weighted by Gasteiger charge is 2.06. The molecule has 0 radical (unpaired) electrons. The van der Waals surface area contributed by atoms with E-state index in [2.05, 4.69) is 0 Å². The molecule has 0 atom stereocenters. The largest absolute Gasteiger partial charge is 0.389 e. The summed E-state index contributed by atoms with van der Waals surface area (Å²) in [6, 6.07) is 9.99. The van der Waals surface area contributed by atoms with Crippen LogP contribution < -0.4 is 5.73 Å². The van der Waals surface area contributed by atoms with E-state index in [9.17, 15) is 0 Å². The zero-order valence-corrected chi connectivity index (χ0v) is 10.2. The number of aromatic nitrogens is 1. The molecule has 0 fully saturated rings. The Labute approximate surface area is 105 Å². The fourth-order valence-corrected chi connectivity index (χ4v) is 1.91. The first-order valence-corrected chi connectivity index (χ1v) is 5.50. The summed E-state index contributed by atoms with van der Waals surface area (Å²) in [5.74, 6) is 0. The van der Waals surface area contributed by atoms with Crippen LogP contribution in [0.25, 0.3) is 17.0 Å². The molecule has 0 aliphatic carbocycles. The van der Waals surface area contributed by atoms with Crippen molar-refractivity contribution in [3.63, 3.8) is 0 Å². The second-order valence-electron chi connectivity index (χ2n) is 3.75. The summed E-state index contributed by atoms with van der Waals surface area (Å²) in [6.45, 7) is 0. The molecule has 2 aromatic rings. The van der Waals surface area contributed by atoms with Gasteiger partial charge in [-0.15, -0.1) is 0 Å². The van der Waals surface area contributed by atoms with Crippen LogP contribution in [0.5, 0.6) is 0 Å². The number of hydrogen-bond donors (Lipinski definition) is 1. The number of rotatable bonds is 2. The third-order valence-corrected chi connectivity index (χ3v) is 2.83. The van der Waals surface area contributed by atoms with Crippen LogP contribution in [0.3, 0.4) is 0 Å². The zero-order chi connectivity index (χ0) is 12.4. The van der Waals surface area contributed by atoms with Crippen molar-refractivity contribution in [1.29, 1.82) is 5.26 Å². The Hall–Kier alpha value is -2.12. The van der Waals surface area contributed by atoms with E-state index in [0.717, 1.165) is 16.5 Å². The molecule has 1 aromatic heterocycles. The van der Waals surface area contributed by atoms with Crippen LogP contribution >= 0.6 is 12.2 Å². The minimum Gasteiger partial charge on any atom is -0.389 e. The molecule has 84 valence electrons. The third kappa shape index (κ3) is 2.05. The van der Waals surface area contributed by atoms with Gasteiger partial charge in [0.1, 0.15) is 11.1 Å². The third-order valence-electron chi connectivity index (χ3n) is 2.61. The Bertz CT molecular complexity index is 659. The van der Waals surface area contributed by atoms with E-state index in [1.165, 1.54) is 0 Å². The maximum Gasteiger partial charge on any atom is 0.114 e. The Balaban J connectivity index is 2.65. The van der Waals surface area contributed by atoms with E-state index in [4.69, 9.17) is 23.2 Å². The number of benzene rings is 1. The van der Waals surface area contributed by atoms with Crippen LogP contribution in [0.15, 0.2) is 36.0 Å². The highest BCUT2D eigenvalue weighted by Crippen LogP contribution is 2.22. The van der Waals surface area contributed by atoms with Crippen LogP contribution in [0, 0.1) is 11.3 Å². The predicted molar refractivity (Wildman–Crippen MR) is 73.3 cm³/mol. The van der Waals surface area contributed by atoms with Crippen LogP contribution in [-0.2, 0) is 7.05 Å². The minimum atomic E-state index is 0.125. The summed E-state index contributed by atoms with van der Waals surface area (Å²) < 4.78 is 2.01. The van der Waals surface area contributed by atoms with Crippen LogP contribution in [0.2, 0.25) is 0 Å². The number of hydrogen-bond acceptors (Lipinski definition) is 2. The standard InChI is InChI=1S/C13H11N3S/c1-16-8-10(6-9(7-14)13(15)17)11-4-2-3-5-12(11)16/h2-6,8H,1H3,(H2,15,17). The zero-order valence-electron chi connectivity index (χ0n) is 9.34. The van der Waals surface area contributed by atoms with Crippen molar-refractivity contribution in [2.75, 3.05) is 0 Å². The second kappa shape index (κ2) is 4.40. The molecule has 17 heavy (non-hydrogen) atoms. The highest BCUT2D eigenvalue weighted by molar-refractivity contribution is 7.80. The molecule has 0 aliphatic heterocycles. The van der Waals surface area contributed by atoms with Gasteiger partial charge in [0.25, 0.3) is 0 Å². The van der Waals surface area contributed by atoms with Crippen molar-refractivity contribution in [2.24, 2.45) is 12.8 Å². The van der Waals surface area contributed by atoms with E-state index in [-0.39, 0.29) is 4.99 Å². The molecular weight excluding hydrogens is 230 g/mol. The van der Waals surface area contributed by atoms with Crippen molar-refractivity contribution in [1.82, 2.24) is 4.57 Å². The second-order valence-corrected chi connectivity index (χ2v) is 4.19. The Kier molecular flexibility index (Phi) is 2.94. The summed E-state index contributed by atoms with van der Waals surface area (Å²) in [5.41, 5.74) is 7.87. The van der Waals surface area contributed by atoms with Crippen molar-refractivity contribution in [2.45, 2.75) is 0 Å². The normalized spacial score (nSPS) is 11.4. The minimum absolute atomic E-state index is 0.125. The van der Waals surface area contributed by atoms with Crippen molar-refractivity contribution < 1.29 is 0 Å². The monoisotopic (exact) mass is 241 g/mol. The highest BCUT2D eigenvalue weighted by atomic mass is 32.1. The Morgan fingerprint density at radius 1 is 1.47 bits per heavy atom. The van der Waals surface area contributed by atoms with Gasteiger partial charge in [0, 0.05) is 29.7 Å². The van der Waals surface area contributed by atoms with Gasteiger partial charge < -0.3 is 10.3 Å². The van der Waals surface area contributed by atoms with Crippen molar-refractivity contribution in [3.05, 3.63) is 41.6 Å². The summed E-state index contributed by atoms with van der Waals surface area (Å²) >= 11 is 4.82. The Morgan fingerprint density at radius 2 is 2.18 bits per heavy atom. The molecule has 3 nitrogen and oxygen atoms in total. The first kappa shape index (κ1) is 11.4. The Morgan fingerprint density at radius 3 is 2.82 bits per heavy atom. The van der Waals surface area contributed by atoms with Crippen molar-refractivity contribution in [3.8, 4) is 6.07 Å². The number of para-hydroxylation sites is 1. The maximum atomic E-state index is 8.94. The van der Waals surface area contributed by atoms with Gasteiger partial charge in [-0.25, -0.2) is 0 Å². The molecule has 4 heteroatoms. The molecule has 2 N–H and O–H groups in total. The lowest BCUT2D eigenvalue weighted by Gasteiger charge is -1.94. The lowest BCUT2D eigenvalue weighted by molar-refractivity contribution is 0.968. The van der Waals surface area contributed by atoms with E-state index in [1.54, 1.807) is 6.08 Å². The molecule has 0 amide bonds. The van der Waals surface area contributed by atoms with Gasteiger partial charge >= 0.3 is 0 Å². The number of aryl methyl sites for hydroxylation is 1. The summed E-state index contributed by atoms with van der Waals surface area (Å²) in [7, 11) is 1.96. The average Bonchev–Trinajstić information content (AvgIpc) is 2.63. The van der Waals surface area contributed by atoms with Gasteiger partial charge in [-0.2, -0.15) is 5.26 Å². The molecule has 0 unspecified atom stereocenters. The lowest BCUT2D eigenvalue weighted by Crippen LogP contribution is -2.09. The number of nitrogens with zero attached hydrogens (tertiary/aromatic N) is 2. The number of fused-ring (bicyclic) bond motifs is 1. The molecule has 0 saturated carbocycles. The van der Waals surface area contributed by atoms with E-state index < -0.39 is 0 Å². The first-order chi connectivity index (χ1) is 8.13. The number of nitriles is 1. The van der Waals surface area contributed by atoms with Crippen LogP contribution in [0.4, 0.5) is 0 Å². The molecule has 2 rings (SSSR count). The molecule has 0 saturated heterocycles. The van der Waals surface area contributed by atoms with Gasteiger partial charge in [0.15, 0.2) is 0 Å². The summed E-state index contributed by atoms with van der Waals surface area (Å²) in [5, 5.41) is 10.0. The summed E-state index contributed by atoms with van der Waals surface area (Å²) in [4.78, 5) is 0.125.